The summed E-state index contributed by atoms with van der Waals surface area (Å²) >= 11 is 0. The van der Waals surface area contributed by atoms with Gasteiger partial charge in [-0.2, -0.15) is 5.10 Å². The lowest BCUT2D eigenvalue weighted by atomic mass is 10.3. The van der Waals surface area contributed by atoms with E-state index >= 15 is 0 Å². The monoisotopic (exact) mass is 210 g/mol. The van der Waals surface area contributed by atoms with Crippen molar-refractivity contribution in [2.24, 2.45) is 0 Å². The zero-order valence-electron chi connectivity index (χ0n) is 10.1. The van der Waals surface area contributed by atoms with E-state index in [1.54, 1.807) is 0 Å². The van der Waals surface area contributed by atoms with Crippen molar-refractivity contribution in [3.8, 4) is 0 Å². The topological polar surface area (TPSA) is 33.1 Å². The van der Waals surface area contributed by atoms with E-state index in [4.69, 9.17) is 0 Å². The van der Waals surface area contributed by atoms with Crippen LogP contribution in [0.25, 0.3) is 0 Å². The fourth-order valence-corrected chi connectivity index (χ4v) is 1.62. The van der Waals surface area contributed by atoms with Gasteiger partial charge in [0.15, 0.2) is 0 Å². The average molecular weight is 210 g/mol. The quantitative estimate of drug-likeness (QED) is 0.760. The van der Waals surface area contributed by atoms with Crippen molar-refractivity contribution in [3.05, 3.63) is 18.5 Å². The lowest BCUT2D eigenvalue weighted by Gasteiger charge is -2.20. The van der Waals surface area contributed by atoms with Crippen LogP contribution in [0.1, 0.15) is 19.9 Å². The summed E-state index contributed by atoms with van der Waals surface area (Å²) < 4.78 is 1.98. The minimum atomic E-state index is 0.407. The van der Waals surface area contributed by atoms with E-state index in [1.165, 1.54) is 0 Å². The molecule has 1 aromatic rings. The van der Waals surface area contributed by atoms with Gasteiger partial charge in [0.1, 0.15) is 0 Å². The highest BCUT2D eigenvalue weighted by Crippen LogP contribution is 2.01. The van der Waals surface area contributed by atoms with Crippen LogP contribution in [0.15, 0.2) is 18.5 Å². The molecule has 0 saturated heterocycles. The van der Waals surface area contributed by atoms with Gasteiger partial charge < -0.3 is 10.2 Å². The zero-order valence-corrected chi connectivity index (χ0v) is 10.1. The Labute approximate surface area is 92.3 Å². The molecular weight excluding hydrogens is 188 g/mol. The summed E-state index contributed by atoms with van der Waals surface area (Å²) in [7, 11) is 4.18. The van der Waals surface area contributed by atoms with Crippen molar-refractivity contribution in [1.82, 2.24) is 20.0 Å². The van der Waals surface area contributed by atoms with Crippen molar-refractivity contribution >= 4 is 0 Å². The first-order chi connectivity index (χ1) is 7.09. The van der Waals surface area contributed by atoms with Gasteiger partial charge in [0, 0.05) is 31.5 Å². The molecule has 15 heavy (non-hydrogen) atoms. The first-order valence-corrected chi connectivity index (χ1v) is 5.47. The first-order valence-electron chi connectivity index (χ1n) is 5.47. The molecule has 4 heteroatoms. The van der Waals surface area contributed by atoms with E-state index in [-0.39, 0.29) is 0 Å². The Balaban J connectivity index is 2.25. The third kappa shape index (κ3) is 4.44. The number of hydrogen-bond donors (Lipinski definition) is 1. The van der Waals surface area contributed by atoms with E-state index < -0.39 is 0 Å². The molecule has 0 bridgehead atoms. The van der Waals surface area contributed by atoms with Crippen molar-refractivity contribution in [1.29, 1.82) is 0 Å². The Hall–Kier alpha value is -0.870. The maximum absolute atomic E-state index is 4.22. The molecule has 1 rings (SSSR count). The van der Waals surface area contributed by atoms with Crippen LogP contribution < -0.4 is 5.32 Å². The van der Waals surface area contributed by atoms with Gasteiger partial charge in [-0.3, -0.25) is 4.68 Å². The SMILES string of the molecule is CC(CN(C)C)NCC(C)n1cccn1. The number of nitrogens with zero attached hydrogens (tertiary/aromatic N) is 3. The zero-order chi connectivity index (χ0) is 11.3. The van der Waals surface area contributed by atoms with Crippen LogP contribution in [0, 0.1) is 0 Å². The third-order valence-corrected chi connectivity index (χ3v) is 2.38. The summed E-state index contributed by atoms with van der Waals surface area (Å²) in [5, 5.41) is 7.72. The minimum absolute atomic E-state index is 0.407. The van der Waals surface area contributed by atoms with Crippen LogP contribution >= 0.6 is 0 Å². The van der Waals surface area contributed by atoms with Gasteiger partial charge in [-0.1, -0.05) is 0 Å². The maximum Gasteiger partial charge on any atom is 0.0615 e. The molecule has 0 spiro atoms. The van der Waals surface area contributed by atoms with Crippen LogP contribution in [-0.4, -0.2) is 47.9 Å². The second-order valence-electron chi connectivity index (χ2n) is 4.41. The molecule has 1 aromatic heterocycles. The van der Waals surface area contributed by atoms with Crippen molar-refractivity contribution in [2.45, 2.75) is 25.9 Å². The average Bonchev–Trinajstić information content (AvgIpc) is 2.65. The predicted molar refractivity (Wildman–Crippen MR) is 63.0 cm³/mol. The summed E-state index contributed by atoms with van der Waals surface area (Å²) in [6.07, 6.45) is 3.82. The van der Waals surface area contributed by atoms with Crippen LogP contribution in [0.5, 0.6) is 0 Å². The smallest absolute Gasteiger partial charge is 0.0615 e. The molecule has 1 heterocycles. The van der Waals surface area contributed by atoms with E-state index in [0.717, 1.165) is 13.1 Å². The first kappa shape index (κ1) is 12.2. The summed E-state index contributed by atoms with van der Waals surface area (Å²) in [6.45, 7) is 6.39. The van der Waals surface area contributed by atoms with Gasteiger partial charge in [0.2, 0.25) is 0 Å². The number of likely N-dealkylation sites (N-methyl/N-ethyl adjacent to an activating group) is 1. The summed E-state index contributed by atoms with van der Waals surface area (Å²) in [4.78, 5) is 2.19. The summed E-state index contributed by atoms with van der Waals surface area (Å²) in [5.74, 6) is 0. The molecule has 0 saturated carbocycles. The molecular formula is C11H22N4. The number of hydrogen-bond acceptors (Lipinski definition) is 3. The fraction of sp³-hybridized carbons (Fsp3) is 0.727. The standard InChI is InChI=1S/C11H22N4/c1-10(9-14(3)4)12-8-11(2)15-7-5-6-13-15/h5-7,10-12H,8-9H2,1-4H3. The summed E-state index contributed by atoms with van der Waals surface area (Å²) in [5.41, 5.74) is 0. The number of aromatic nitrogens is 2. The van der Waals surface area contributed by atoms with Gasteiger partial charge >= 0.3 is 0 Å². The van der Waals surface area contributed by atoms with Crippen molar-refractivity contribution in [2.75, 3.05) is 27.2 Å². The molecule has 0 aliphatic rings. The van der Waals surface area contributed by atoms with E-state index in [0.29, 0.717) is 12.1 Å². The van der Waals surface area contributed by atoms with Crippen LogP contribution in [0.4, 0.5) is 0 Å². The highest BCUT2D eigenvalue weighted by atomic mass is 15.3. The Kier molecular flexibility index (Phi) is 4.78. The van der Waals surface area contributed by atoms with E-state index in [2.05, 4.69) is 43.3 Å². The number of rotatable bonds is 6. The van der Waals surface area contributed by atoms with E-state index in [1.807, 2.05) is 23.1 Å². The Morgan fingerprint density at radius 3 is 2.67 bits per heavy atom. The molecule has 86 valence electrons. The lowest BCUT2D eigenvalue weighted by Crippen LogP contribution is -2.38. The lowest BCUT2D eigenvalue weighted by molar-refractivity contribution is 0.333. The highest BCUT2D eigenvalue weighted by Gasteiger charge is 2.07. The van der Waals surface area contributed by atoms with Gasteiger partial charge in [0.05, 0.1) is 6.04 Å². The number of nitrogens with one attached hydrogen (secondary N) is 1. The molecule has 2 unspecified atom stereocenters. The highest BCUT2D eigenvalue weighted by molar-refractivity contribution is 4.81. The fourth-order valence-electron chi connectivity index (χ4n) is 1.62. The maximum atomic E-state index is 4.22. The minimum Gasteiger partial charge on any atom is -0.311 e. The Morgan fingerprint density at radius 1 is 1.40 bits per heavy atom. The second kappa shape index (κ2) is 5.88. The van der Waals surface area contributed by atoms with Crippen molar-refractivity contribution < 1.29 is 0 Å². The van der Waals surface area contributed by atoms with E-state index in [9.17, 15) is 0 Å². The van der Waals surface area contributed by atoms with Crippen LogP contribution in [-0.2, 0) is 0 Å². The van der Waals surface area contributed by atoms with Gasteiger partial charge in [-0.05, 0) is 34.0 Å². The molecule has 0 amide bonds. The van der Waals surface area contributed by atoms with Gasteiger partial charge in [-0.15, -0.1) is 0 Å². The normalized spacial score (nSPS) is 15.5. The predicted octanol–water partition coefficient (Wildman–Crippen LogP) is 0.984. The van der Waals surface area contributed by atoms with Crippen LogP contribution in [0.3, 0.4) is 0 Å². The molecule has 2 atom stereocenters. The molecule has 0 aromatic carbocycles. The van der Waals surface area contributed by atoms with Gasteiger partial charge in [-0.25, -0.2) is 0 Å². The van der Waals surface area contributed by atoms with Gasteiger partial charge in [0.25, 0.3) is 0 Å². The molecule has 0 aliphatic carbocycles. The molecule has 4 nitrogen and oxygen atoms in total. The Morgan fingerprint density at radius 2 is 2.13 bits per heavy atom. The molecule has 1 N–H and O–H groups in total. The Bertz CT molecular complexity index is 256. The largest absolute Gasteiger partial charge is 0.311 e. The second-order valence-corrected chi connectivity index (χ2v) is 4.41. The summed E-state index contributed by atoms with van der Waals surface area (Å²) in [6, 6.07) is 2.88. The van der Waals surface area contributed by atoms with Crippen molar-refractivity contribution in [3.63, 3.8) is 0 Å². The molecule has 0 fully saturated rings. The molecule has 0 radical (unpaired) electrons. The third-order valence-electron chi connectivity index (χ3n) is 2.38. The van der Waals surface area contributed by atoms with Crippen LogP contribution in [0.2, 0.25) is 0 Å². The molecule has 0 aliphatic heterocycles.